The van der Waals surface area contributed by atoms with Gasteiger partial charge >= 0.3 is 5.97 Å². The van der Waals surface area contributed by atoms with Crippen LogP contribution in [0.15, 0.2) is 29.2 Å². The van der Waals surface area contributed by atoms with Crippen LogP contribution in [-0.2, 0) is 21.2 Å². The number of carboxylic acid groups (broad SMARTS) is 1. The summed E-state index contributed by atoms with van der Waals surface area (Å²) in [4.78, 5) is 12.7. The summed E-state index contributed by atoms with van der Waals surface area (Å²) in [6.45, 7) is 1.36. The molecule has 0 fully saturated rings. The molecule has 0 radical (unpaired) electrons. The third-order valence-electron chi connectivity index (χ3n) is 2.73. The molecule has 0 heterocycles. The zero-order chi connectivity index (χ0) is 14.5. The summed E-state index contributed by atoms with van der Waals surface area (Å²) in [7, 11) is -1.24. The van der Waals surface area contributed by atoms with Crippen LogP contribution in [0.3, 0.4) is 0 Å². The Labute approximate surface area is 113 Å². The molecule has 0 bridgehead atoms. The first-order valence-corrected chi connectivity index (χ1v) is 7.87. The molecule has 106 valence electrons. The Morgan fingerprint density at radius 3 is 2.32 bits per heavy atom. The zero-order valence-electron chi connectivity index (χ0n) is 11.2. The lowest BCUT2D eigenvalue weighted by Crippen LogP contribution is -2.19. The van der Waals surface area contributed by atoms with E-state index in [1.54, 1.807) is 24.3 Å². The van der Waals surface area contributed by atoms with Crippen molar-refractivity contribution in [2.75, 3.05) is 19.8 Å². The highest BCUT2D eigenvalue weighted by Gasteiger charge is 2.07. The van der Waals surface area contributed by atoms with Crippen LogP contribution >= 0.6 is 0 Å². The van der Waals surface area contributed by atoms with Gasteiger partial charge in [0.25, 0.3) is 0 Å². The molecule has 0 atom stereocenters. The number of hydrogen-bond acceptors (Lipinski definition) is 4. The van der Waals surface area contributed by atoms with E-state index in [1.807, 2.05) is 11.9 Å². The molecule has 0 saturated heterocycles. The largest absolute Gasteiger partial charge is 0.481 e. The fourth-order valence-electron chi connectivity index (χ4n) is 1.73. The molecular weight excluding hydrogens is 266 g/mol. The van der Waals surface area contributed by atoms with Crippen LogP contribution in [0, 0.1) is 0 Å². The predicted octanol–water partition coefficient (Wildman–Crippen LogP) is 1.39. The number of benzene rings is 1. The van der Waals surface area contributed by atoms with E-state index in [1.165, 1.54) is 6.26 Å². The minimum Gasteiger partial charge on any atom is -0.481 e. The van der Waals surface area contributed by atoms with Crippen molar-refractivity contribution >= 4 is 15.8 Å². The Bertz CT molecular complexity index is 522. The Balaban J connectivity index is 2.51. The fourth-order valence-corrected chi connectivity index (χ4v) is 2.36. The van der Waals surface area contributed by atoms with Crippen LogP contribution in [0.25, 0.3) is 0 Å². The highest BCUT2D eigenvalue weighted by molar-refractivity contribution is 7.90. The number of carboxylic acids is 1. The van der Waals surface area contributed by atoms with Gasteiger partial charge in [-0.2, -0.15) is 0 Å². The highest BCUT2D eigenvalue weighted by atomic mass is 32.2. The molecular formula is C13H19NO4S. The van der Waals surface area contributed by atoms with E-state index in [9.17, 15) is 13.2 Å². The van der Waals surface area contributed by atoms with Crippen molar-refractivity contribution in [1.82, 2.24) is 4.90 Å². The third kappa shape index (κ3) is 5.85. The normalized spacial score (nSPS) is 11.7. The number of aliphatic carboxylic acids is 1. The van der Waals surface area contributed by atoms with Gasteiger partial charge in [-0.3, -0.25) is 4.79 Å². The zero-order valence-corrected chi connectivity index (χ0v) is 12.0. The van der Waals surface area contributed by atoms with Gasteiger partial charge in [0.2, 0.25) is 0 Å². The highest BCUT2D eigenvalue weighted by Crippen LogP contribution is 2.11. The van der Waals surface area contributed by atoms with Gasteiger partial charge in [0.05, 0.1) is 4.90 Å². The molecule has 19 heavy (non-hydrogen) atoms. The van der Waals surface area contributed by atoms with Crippen LogP contribution in [0.2, 0.25) is 0 Å². The standard InChI is InChI=1S/C13H19NO4S/c1-14(9-3-4-13(15)16)10-11-5-7-12(8-6-11)19(2,17)18/h5-8H,3-4,9-10H2,1-2H3,(H,15,16). The van der Waals surface area contributed by atoms with Gasteiger partial charge in [-0.15, -0.1) is 0 Å². The molecule has 0 aromatic heterocycles. The van der Waals surface area contributed by atoms with Crippen LogP contribution in [0.1, 0.15) is 18.4 Å². The molecule has 0 spiro atoms. The molecule has 6 heteroatoms. The molecule has 1 aromatic rings. The Morgan fingerprint density at radius 2 is 1.84 bits per heavy atom. The van der Waals surface area contributed by atoms with E-state index >= 15 is 0 Å². The molecule has 0 aliphatic rings. The van der Waals surface area contributed by atoms with Gasteiger partial charge in [0, 0.05) is 19.2 Å². The van der Waals surface area contributed by atoms with E-state index in [0.717, 1.165) is 5.56 Å². The van der Waals surface area contributed by atoms with Gasteiger partial charge < -0.3 is 10.0 Å². The van der Waals surface area contributed by atoms with Crippen molar-refractivity contribution < 1.29 is 18.3 Å². The maximum atomic E-state index is 11.3. The van der Waals surface area contributed by atoms with Crippen molar-refractivity contribution in [1.29, 1.82) is 0 Å². The van der Waals surface area contributed by atoms with Gasteiger partial charge in [-0.25, -0.2) is 8.42 Å². The van der Waals surface area contributed by atoms with E-state index < -0.39 is 15.8 Å². The summed E-state index contributed by atoms with van der Waals surface area (Å²) in [5, 5.41) is 8.55. The number of carbonyl (C=O) groups is 1. The third-order valence-corrected chi connectivity index (χ3v) is 3.86. The van der Waals surface area contributed by atoms with E-state index in [0.29, 0.717) is 24.4 Å². The minimum absolute atomic E-state index is 0.164. The minimum atomic E-state index is -3.15. The Kier molecular flexibility index (Phi) is 5.50. The molecule has 1 N–H and O–H groups in total. The van der Waals surface area contributed by atoms with E-state index in [4.69, 9.17) is 5.11 Å². The quantitative estimate of drug-likeness (QED) is 0.819. The van der Waals surface area contributed by atoms with Crippen LogP contribution < -0.4 is 0 Å². The molecule has 0 aliphatic carbocycles. The molecule has 1 rings (SSSR count). The Morgan fingerprint density at radius 1 is 1.26 bits per heavy atom. The van der Waals surface area contributed by atoms with Gasteiger partial charge in [0.1, 0.15) is 0 Å². The summed E-state index contributed by atoms with van der Waals surface area (Å²) >= 11 is 0. The summed E-state index contributed by atoms with van der Waals surface area (Å²) in [6, 6.07) is 6.75. The second-order valence-corrected chi connectivity index (χ2v) is 6.67. The second-order valence-electron chi connectivity index (χ2n) is 4.65. The topological polar surface area (TPSA) is 74.7 Å². The summed E-state index contributed by atoms with van der Waals surface area (Å²) < 4.78 is 22.6. The Hall–Kier alpha value is -1.40. The van der Waals surface area contributed by atoms with E-state index in [-0.39, 0.29) is 6.42 Å². The first-order valence-electron chi connectivity index (χ1n) is 5.98. The maximum Gasteiger partial charge on any atom is 0.303 e. The first-order chi connectivity index (χ1) is 8.79. The average molecular weight is 285 g/mol. The lowest BCUT2D eigenvalue weighted by molar-refractivity contribution is -0.137. The molecule has 1 aromatic carbocycles. The lowest BCUT2D eigenvalue weighted by atomic mass is 10.2. The number of rotatable bonds is 7. The van der Waals surface area contributed by atoms with Crippen molar-refractivity contribution in [2.24, 2.45) is 0 Å². The van der Waals surface area contributed by atoms with E-state index in [2.05, 4.69) is 0 Å². The first kappa shape index (κ1) is 15.7. The van der Waals surface area contributed by atoms with Crippen molar-refractivity contribution in [3.8, 4) is 0 Å². The van der Waals surface area contributed by atoms with Crippen LogP contribution in [0.4, 0.5) is 0 Å². The lowest BCUT2D eigenvalue weighted by Gasteiger charge is -2.16. The smallest absolute Gasteiger partial charge is 0.303 e. The summed E-state index contributed by atoms with van der Waals surface area (Å²) in [5.74, 6) is -0.786. The van der Waals surface area contributed by atoms with Crippen molar-refractivity contribution in [3.63, 3.8) is 0 Å². The van der Waals surface area contributed by atoms with Gasteiger partial charge in [-0.05, 0) is 37.7 Å². The molecule has 5 nitrogen and oxygen atoms in total. The number of sulfone groups is 1. The predicted molar refractivity (Wildman–Crippen MR) is 72.8 cm³/mol. The van der Waals surface area contributed by atoms with Crippen LogP contribution in [0.5, 0.6) is 0 Å². The molecule has 0 unspecified atom stereocenters. The molecule has 0 aliphatic heterocycles. The summed E-state index contributed by atoms with van der Waals surface area (Å²) in [6.07, 6.45) is 1.95. The molecule has 0 amide bonds. The SMILES string of the molecule is CN(CCCC(=O)O)Cc1ccc(S(C)(=O)=O)cc1. The summed E-state index contributed by atoms with van der Waals surface area (Å²) in [5.41, 5.74) is 1.00. The van der Waals surface area contributed by atoms with Crippen molar-refractivity contribution in [2.45, 2.75) is 24.3 Å². The van der Waals surface area contributed by atoms with Crippen LogP contribution in [-0.4, -0.2) is 44.2 Å². The monoisotopic (exact) mass is 285 g/mol. The fraction of sp³-hybridized carbons (Fsp3) is 0.462. The number of hydrogen-bond donors (Lipinski definition) is 1. The van der Waals surface area contributed by atoms with Crippen molar-refractivity contribution in [3.05, 3.63) is 29.8 Å². The second kappa shape index (κ2) is 6.68. The van der Waals surface area contributed by atoms with Gasteiger partial charge in [0.15, 0.2) is 9.84 Å². The maximum absolute atomic E-state index is 11.3. The van der Waals surface area contributed by atoms with Gasteiger partial charge in [-0.1, -0.05) is 12.1 Å². The number of nitrogens with zero attached hydrogens (tertiary/aromatic N) is 1. The molecule has 0 saturated carbocycles. The average Bonchev–Trinajstić information content (AvgIpc) is 2.27.